The lowest BCUT2D eigenvalue weighted by Crippen LogP contribution is -2.29. The number of aryl methyl sites for hydroxylation is 1. The van der Waals surface area contributed by atoms with Crippen LogP contribution in [0.5, 0.6) is 5.75 Å². The predicted molar refractivity (Wildman–Crippen MR) is 110 cm³/mol. The van der Waals surface area contributed by atoms with E-state index >= 15 is 0 Å². The molecule has 0 saturated carbocycles. The Bertz CT molecular complexity index is 910. The first-order chi connectivity index (χ1) is 13.0. The van der Waals surface area contributed by atoms with Crippen molar-refractivity contribution in [1.29, 1.82) is 0 Å². The minimum absolute atomic E-state index is 0.0195. The highest BCUT2D eigenvalue weighted by atomic mass is 35.5. The van der Waals surface area contributed by atoms with Crippen molar-refractivity contribution >= 4 is 28.8 Å². The summed E-state index contributed by atoms with van der Waals surface area (Å²) in [5, 5.41) is 1.43. The normalized spacial score (nSPS) is 11.9. The molecule has 0 aliphatic heterocycles. The summed E-state index contributed by atoms with van der Waals surface area (Å²) in [5.41, 5.74) is 1.83. The van der Waals surface area contributed by atoms with Crippen molar-refractivity contribution in [3.63, 3.8) is 0 Å². The maximum absolute atomic E-state index is 12.9. The summed E-state index contributed by atoms with van der Waals surface area (Å²) in [7, 11) is 1.82. The summed E-state index contributed by atoms with van der Waals surface area (Å²) >= 11 is 7.26. The first-order valence-corrected chi connectivity index (χ1v) is 9.82. The molecule has 6 heteroatoms. The van der Waals surface area contributed by atoms with Gasteiger partial charge in [-0.05, 0) is 43.7 Å². The smallest absolute Gasteiger partial charge is 0.266 e. The summed E-state index contributed by atoms with van der Waals surface area (Å²) in [6.45, 7) is 4.20. The van der Waals surface area contributed by atoms with Gasteiger partial charge in [0, 0.05) is 12.1 Å². The average molecular weight is 401 g/mol. The van der Waals surface area contributed by atoms with E-state index in [2.05, 4.69) is 4.98 Å². The number of thiazole rings is 1. The number of carbonyl (C=O) groups is 1. The van der Waals surface area contributed by atoms with Gasteiger partial charge in [0.1, 0.15) is 22.2 Å². The van der Waals surface area contributed by atoms with Crippen LogP contribution in [0.15, 0.2) is 54.6 Å². The SMILES string of the molecule is Cc1nc(COc2ccc(Cl)cc2)sc1C(=O)N(C)[C@H](C)c1ccccc1. The Morgan fingerprint density at radius 3 is 2.52 bits per heavy atom. The highest BCUT2D eigenvalue weighted by molar-refractivity contribution is 7.13. The van der Waals surface area contributed by atoms with Gasteiger partial charge < -0.3 is 9.64 Å². The van der Waals surface area contributed by atoms with Crippen molar-refractivity contribution in [2.75, 3.05) is 7.05 Å². The third-order valence-corrected chi connectivity index (χ3v) is 5.77. The van der Waals surface area contributed by atoms with Gasteiger partial charge in [-0.25, -0.2) is 4.98 Å². The number of amides is 1. The second-order valence-corrected chi connectivity index (χ2v) is 7.79. The number of nitrogens with zero attached hydrogens (tertiary/aromatic N) is 2. The molecule has 0 bridgehead atoms. The molecule has 27 heavy (non-hydrogen) atoms. The van der Waals surface area contributed by atoms with E-state index in [4.69, 9.17) is 16.3 Å². The molecule has 0 aliphatic carbocycles. The number of hydrogen-bond acceptors (Lipinski definition) is 4. The van der Waals surface area contributed by atoms with Gasteiger partial charge in [0.15, 0.2) is 0 Å². The van der Waals surface area contributed by atoms with E-state index in [0.29, 0.717) is 16.5 Å². The molecule has 0 radical (unpaired) electrons. The fourth-order valence-corrected chi connectivity index (χ4v) is 3.77. The molecule has 1 heterocycles. The number of rotatable bonds is 6. The number of carbonyl (C=O) groups excluding carboxylic acids is 1. The lowest BCUT2D eigenvalue weighted by molar-refractivity contribution is 0.0746. The number of benzene rings is 2. The van der Waals surface area contributed by atoms with Gasteiger partial charge in [-0.2, -0.15) is 0 Å². The van der Waals surface area contributed by atoms with Crippen LogP contribution >= 0.6 is 22.9 Å². The molecular weight excluding hydrogens is 380 g/mol. The summed E-state index contributed by atoms with van der Waals surface area (Å²) in [4.78, 5) is 19.8. The Labute approximate surface area is 168 Å². The zero-order chi connectivity index (χ0) is 19.4. The van der Waals surface area contributed by atoms with Gasteiger partial charge in [0.05, 0.1) is 11.7 Å². The Kier molecular flexibility index (Phi) is 6.14. The van der Waals surface area contributed by atoms with E-state index in [-0.39, 0.29) is 11.9 Å². The molecule has 1 aromatic heterocycles. The number of aromatic nitrogens is 1. The van der Waals surface area contributed by atoms with Gasteiger partial charge in [-0.15, -0.1) is 11.3 Å². The van der Waals surface area contributed by atoms with Gasteiger partial charge in [0.2, 0.25) is 0 Å². The summed E-state index contributed by atoms with van der Waals surface area (Å²) in [5.74, 6) is 0.689. The van der Waals surface area contributed by atoms with Crippen molar-refractivity contribution in [3.8, 4) is 5.75 Å². The van der Waals surface area contributed by atoms with Crippen molar-refractivity contribution in [3.05, 3.63) is 80.8 Å². The molecule has 140 valence electrons. The van der Waals surface area contributed by atoms with Crippen molar-refractivity contribution in [2.45, 2.75) is 26.5 Å². The standard InChI is InChI=1S/C21H21ClN2O2S/c1-14-20(21(25)24(3)15(2)16-7-5-4-6-8-16)27-19(23-14)13-26-18-11-9-17(22)10-12-18/h4-12,15H,13H2,1-3H3/t15-/m1/s1. The van der Waals surface area contributed by atoms with Crippen LogP contribution in [0.1, 0.15) is 38.9 Å². The zero-order valence-corrected chi connectivity index (χ0v) is 17.1. The van der Waals surface area contributed by atoms with Crippen LogP contribution in [0.2, 0.25) is 5.02 Å². The highest BCUT2D eigenvalue weighted by Gasteiger charge is 2.23. The number of hydrogen-bond donors (Lipinski definition) is 0. The lowest BCUT2D eigenvalue weighted by atomic mass is 10.1. The molecule has 0 fully saturated rings. The largest absolute Gasteiger partial charge is 0.486 e. The van der Waals surface area contributed by atoms with Crippen LogP contribution in [-0.2, 0) is 6.61 Å². The Balaban J connectivity index is 1.69. The van der Waals surface area contributed by atoms with E-state index < -0.39 is 0 Å². The summed E-state index contributed by atoms with van der Waals surface area (Å²) in [6, 6.07) is 17.1. The Morgan fingerprint density at radius 2 is 1.85 bits per heavy atom. The Hall–Kier alpha value is -2.37. The molecule has 1 amide bonds. The first-order valence-electron chi connectivity index (χ1n) is 8.62. The second kappa shape index (κ2) is 8.55. The fraction of sp³-hybridized carbons (Fsp3) is 0.238. The monoisotopic (exact) mass is 400 g/mol. The molecule has 0 N–H and O–H groups in total. The van der Waals surface area contributed by atoms with Gasteiger partial charge >= 0.3 is 0 Å². The quantitative estimate of drug-likeness (QED) is 0.547. The number of ether oxygens (including phenoxy) is 1. The van der Waals surface area contributed by atoms with Crippen LogP contribution < -0.4 is 4.74 Å². The van der Waals surface area contributed by atoms with E-state index in [1.54, 1.807) is 17.0 Å². The lowest BCUT2D eigenvalue weighted by Gasteiger charge is -2.25. The minimum Gasteiger partial charge on any atom is -0.486 e. The average Bonchev–Trinajstić information content (AvgIpc) is 3.07. The second-order valence-electron chi connectivity index (χ2n) is 6.27. The molecule has 4 nitrogen and oxygen atoms in total. The number of halogens is 1. The summed E-state index contributed by atoms with van der Waals surface area (Å²) < 4.78 is 5.74. The first kappa shape index (κ1) is 19.4. The molecule has 3 rings (SSSR count). The van der Waals surface area contributed by atoms with Crippen molar-refractivity contribution < 1.29 is 9.53 Å². The minimum atomic E-state index is -0.0286. The molecule has 0 aliphatic rings. The van der Waals surface area contributed by atoms with Crippen LogP contribution in [-0.4, -0.2) is 22.8 Å². The Morgan fingerprint density at radius 1 is 1.19 bits per heavy atom. The highest BCUT2D eigenvalue weighted by Crippen LogP contribution is 2.26. The van der Waals surface area contributed by atoms with E-state index in [9.17, 15) is 4.79 Å². The van der Waals surface area contributed by atoms with E-state index in [1.807, 2.05) is 63.4 Å². The van der Waals surface area contributed by atoms with Crippen LogP contribution in [0.3, 0.4) is 0 Å². The maximum atomic E-state index is 12.9. The molecular formula is C21H21ClN2O2S. The molecule has 1 atom stereocenters. The van der Waals surface area contributed by atoms with Crippen LogP contribution in [0, 0.1) is 6.92 Å². The van der Waals surface area contributed by atoms with Crippen molar-refractivity contribution in [2.24, 2.45) is 0 Å². The molecule has 0 unspecified atom stereocenters. The van der Waals surface area contributed by atoms with Gasteiger partial charge in [-0.1, -0.05) is 41.9 Å². The maximum Gasteiger partial charge on any atom is 0.266 e. The van der Waals surface area contributed by atoms with Gasteiger partial charge in [-0.3, -0.25) is 4.79 Å². The summed E-state index contributed by atoms with van der Waals surface area (Å²) in [6.07, 6.45) is 0. The zero-order valence-electron chi connectivity index (χ0n) is 15.5. The molecule has 0 spiro atoms. The third-order valence-electron chi connectivity index (χ3n) is 4.39. The van der Waals surface area contributed by atoms with E-state index in [0.717, 1.165) is 22.0 Å². The predicted octanol–water partition coefficient (Wildman–Crippen LogP) is 5.52. The van der Waals surface area contributed by atoms with Crippen LogP contribution in [0.25, 0.3) is 0 Å². The topological polar surface area (TPSA) is 42.4 Å². The van der Waals surface area contributed by atoms with E-state index in [1.165, 1.54) is 11.3 Å². The fourth-order valence-electron chi connectivity index (χ4n) is 2.68. The van der Waals surface area contributed by atoms with Crippen molar-refractivity contribution in [1.82, 2.24) is 9.88 Å². The van der Waals surface area contributed by atoms with Gasteiger partial charge in [0.25, 0.3) is 5.91 Å². The van der Waals surface area contributed by atoms with Crippen LogP contribution in [0.4, 0.5) is 0 Å². The molecule has 3 aromatic rings. The third kappa shape index (κ3) is 4.67. The molecule has 2 aromatic carbocycles. The molecule has 0 saturated heterocycles.